The zero-order valence-corrected chi connectivity index (χ0v) is 9.39. The number of nitrogens with two attached hydrogens (primary N) is 1. The van der Waals surface area contributed by atoms with Crippen LogP contribution in [0.4, 0.5) is 0 Å². The maximum Gasteiger partial charge on any atom is 0.0421 e. The van der Waals surface area contributed by atoms with Gasteiger partial charge in [0.1, 0.15) is 0 Å². The van der Waals surface area contributed by atoms with Gasteiger partial charge in [0.15, 0.2) is 0 Å². The molecule has 0 fully saturated rings. The van der Waals surface area contributed by atoms with E-state index >= 15 is 0 Å². The van der Waals surface area contributed by atoms with Crippen molar-refractivity contribution in [3.63, 3.8) is 0 Å². The predicted octanol–water partition coefficient (Wildman–Crippen LogP) is 2.75. The summed E-state index contributed by atoms with van der Waals surface area (Å²) in [6.45, 7) is 2.22. The molecule has 2 unspecified atom stereocenters. The molecule has 1 aliphatic rings. The van der Waals surface area contributed by atoms with E-state index in [0.717, 1.165) is 6.42 Å². The number of fused-ring (bicyclic) bond motifs is 1. The van der Waals surface area contributed by atoms with Gasteiger partial charge in [-0.1, -0.05) is 31.2 Å². The molecule has 0 aromatic heterocycles. The van der Waals surface area contributed by atoms with Crippen molar-refractivity contribution >= 4 is 11.8 Å². The highest BCUT2D eigenvalue weighted by molar-refractivity contribution is 7.99. The summed E-state index contributed by atoms with van der Waals surface area (Å²) in [5, 5.41) is 0.604. The summed E-state index contributed by atoms with van der Waals surface area (Å²) in [6.07, 6.45) is 2.40. The lowest BCUT2D eigenvalue weighted by Gasteiger charge is -2.14. The van der Waals surface area contributed by atoms with Gasteiger partial charge in [-0.25, -0.2) is 0 Å². The largest absolute Gasteiger partial charge is 0.323 e. The highest BCUT2D eigenvalue weighted by Gasteiger charge is 2.28. The lowest BCUT2D eigenvalue weighted by Crippen LogP contribution is -2.19. The van der Waals surface area contributed by atoms with E-state index in [1.807, 2.05) is 11.8 Å². The van der Waals surface area contributed by atoms with Crippen LogP contribution in [0.25, 0.3) is 0 Å². The fraction of sp³-hybridized carbons (Fsp3) is 0.500. The summed E-state index contributed by atoms with van der Waals surface area (Å²) < 4.78 is 0. The van der Waals surface area contributed by atoms with Crippen molar-refractivity contribution in [3.05, 3.63) is 35.4 Å². The van der Waals surface area contributed by atoms with Gasteiger partial charge in [0, 0.05) is 11.3 Å². The van der Waals surface area contributed by atoms with Gasteiger partial charge in [-0.15, -0.1) is 0 Å². The van der Waals surface area contributed by atoms with Crippen LogP contribution in [0.15, 0.2) is 24.3 Å². The topological polar surface area (TPSA) is 26.0 Å². The maximum absolute atomic E-state index is 6.21. The van der Waals surface area contributed by atoms with Crippen molar-refractivity contribution in [2.24, 2.45) is 5.73 Å². The molecule has 2 N–H and O–H groups in total. The first-order chi connectivity index (χ1) is 6.83. The Labute approximate surface area is 90.1 Å². The number of hydrogen-bond acceptors (Lipinski definition) is 2. The monoisotopic (exact) mass is 207 g/mol. The van der Waals surface area contributed by atoms with Crippen LogP contribution in [0.1, 0.15) is 30.5 Å². The Kier molecular flexibility index (Phi) is 3.14. The standard InChI is InChI=1S/C12H17NS/c1-2-7-14-11-8-9-5-3-4-6-10(9)12(11)13/h3-6,11-12H,2,7-8,13H2,1H3. The fourth-order valence-electron chi connectivity index (χ4n) is 2.02. The first-order valence-corrected chi connectivity index (χ1v) is 6.32. The van der Waals surface area contributed by atoms with Gasteiger partial charge in [0.25, 0.3) is 0 Å². The molecule has 0 aliphatic heterocycles. The van der Waals surface area contributed by atoms with Crippen LogP contribution in [-0.4, -0.2) is 11.0 Å². The summed E-state index contributed by atoms with van der Waals surface area (Å²) in [5.41, 5.74) is 9.03. The molecule has 0 amide bonds. The van der Waals surface area contributed by atoms with Crippen molar-refractivity contribution in [3.8, 4) is 0 Å². The summed E-state index contributed by atoms with van der Waals surface area (Å²) in [5.74, 6) is 1.23. The van der Waals surface area contributed by atoms with Crippen LogP contribution in [0.3, 0.4) is 0 Å². The highest BCUT2D eigenvalue weighted by atomic mass is 32.2. The Morgan fingerprint density at radius 3 is 2.93 bits per heavy atom. The van der Waals surface area contributed by atoms with E-state index < -0.39 is 0 Å². The molecule has 0 saturated heterocycles. The second-order valence-corrected chi connectivity index (χ2v) is 5.19. The van der Waals surface area contributed by atoms with E-state index in [-0.39, 0.29) is 6.04 Å². The second kappa shape index (κ2) is 4.37. The number of rotatable bonds is 3. The summed E-state index contributed by atoms with van der Waals surface area (Å²) in [7, 11) is 0. The van der Waals surface area contributed by atoms with E-state index in [9.17, 15) is 0 Å². The number of thioether (sulfide) groups is 1. The summed E-state index contributed by atoms with van der Waals surface area (Å²) in [6, 6.07) is 8.83. The van der Waals surface area contributed by atoms with E-state index in [0.29, 0.717) is 5.25 Å². The molecule has 1 nitrogen and oxygen atoms in total. The van der Waals surface area contributed by atoms with Gasteiger partial charge in [-0.2, -0.15) is 11.8 Å². The predicted molar refractivity (Wildman–Crippen MR) is 63.6 cm³/mol. The Bertz CT molecular complexity index is 311. The maximum atomic E-state index is 6.21. The van der Waals surface area contributed by atoms with Gasteiger partial charge < -0.3 is 5.73 Å². The van der Waals surface area contributed by atoms with Gasteiger partial charge in [0.05, 0.1) is 0 Å². The minimum atomic E-state index is 0.253. The highest BCUT2D eigenvalue weighted by Crippen LogP contribution is 2.36. The molecule has 1 aliphatic carbocycles. The van der Waals surface area contributed by atoms with Gasteiger partial charge in [0.2, 0.25) is 0 Å². The van der Waals surface area contributed by atoms with Gasteiger partial charge in [-0.3, -0.25) is 0 Å². The molecule has 0 saturated carbocycles. The van der Waals surface area contributed by atoms with Crippen molar-refractivity contribution in [1.82, 2.24) is 0 Å². The summed E-state index contributed by atoms with van der Waals surface area (Å²) >= 11 is 2.02. The van der Waals surface area contributed by atoms with E-state index in [2.05, 4.69) is 31.2 Å². The third-order valence-electron chi connectivity index (χ3n) is 2.77. The quantitative estimate of drug-likeness (QED) is 0.824. The number of hydrogen-bond donors (Lipinski definition) is 1. The fourth-order valence-corrected chi connectivity index (χ4v) is 3.21. The van der Waals surface area contributed by atoms with Crippen LogP contribution >= 0.6 is 11.8 Å². The van der Waals surface area contributed by atoms with Crippen molar-refractivity contribution in [2.75, 3.05) is 5.75 Å². The van der Waals surface area contributed by atoms with Crippen LogP contribution in [0, 0.1) is 0 Å². The van der Waals surface area contributed by atoms with E-state index in [1.54, 1.807) is 0 Å². The normalized spacial score (nSPS) is 25.0. The number of benzene rings is 1. The molecular weight excluding hydrogens is 190 g/mol. The van der Waals surface area contributed by atoms with Crippen molar-refractivity contribution < 1.29 is 0 Å². The van der Waals surface area contributed by atoms with Crippen LogP contribution in [-0.2, 0) is 6.42 Å². The van der Waals surface area contributed by atoms with Crippen LogP contribution in [0.2, 0.25) is 0 Å². The molecule has 76 valence electrons. The zero-order chi connectivity index (χ0) is 9.97. The molecule has 0 bridgehead atoms. The van der Waals surface area contributed by atoms with Crippen molar-refractivity contribution in [1.29, 1.82) is 0 Å². The van der Waals surface area contributed by atoms with Crippen LogP contribution < -0.4 is 5.73 Å². The molecule has 2 rings (SSSR count). The van der Waals surface area contributed by atoms with Crippen molar-refractivity contribution in [2.45, 2.75) is 31.1 Å². The van der Waals surface area contributed by atoms with E-state index in [1.165, 1.54) is 23.3 Å². The first-order valence-electron chi connectivity index (χ1n) is 5.28. The first kappa shape index (κ1) is 10.1. The second-order valence-electron chi connectivity index (χ2n) is 3.84. The SMILES string of the molecule is CCCSC1Cc2ccccc2C1N. The average molecular weight is 207 g/mol. The Morgan fingerprint density at radius 2 is 2.21 bits per heavy atom. The Morgan fingerprint density at radius 1 is 1.43 bits per heavy atom. The zero-order valence-electron chi connectivity index (χ0n) is 8.57. The molecule has 2 atom stereocenters. The molecular formula is C12H17NS. The average Bonchev–Trinajstić information content (AvgIpc) is 2.54. The minimum absolute atomic E-state index is 0.253. The summed E-state index contributed by atoms with van der Waals surface area (Å²) in [4.78, 5) is 0. The molecule has 0 heterocycles. The lowest BCUT2D eigenvalue weighted by atomic mass is 10.1. The third kappa shape index (κ3) is 1.82. The lowest BCUT2D eigenvalue weighted by molar-refractivity contribution is 0.730. The molecule has 14 heavy (non-hydrogen) atoms. The Hall–Kier alpha value is -0.470. The minimum Gasteiger partial charge on any atom is -0.323 e. The van der Waals surface area contributed by atoms with Gasteiger partial charge >= 0.3 is 0 Å². The molecule has 1 aromatic rings. The van der Waals surface area contributed by atoms with E-state index in [4.69, 9.17) is 5.73 Å². The smallest absolute Gasteiger partial charge is 0.0421 e. The molecule has 1 aromatic carbocycles. The third-order valence-corrected chi connectivity index (χ3v) is 4.30. The molecule has 0 radical (unpaired) electrons. The molecule has 0 spiro atoms. The van der Waals surface area contributed by atoms with Crippen LogP contribution in [0.5, 0.6) is 0 Å². The van der Waals surface area contributed by atoms with Gasteiger partial charge in [-0.05, 0) is 29.7 Å². The molecule has 2 heteroatoms. The Balaban J connectivity index is 2.09.